The maximum absolute atomic E-state index is 9.27. The van der Waals surface area contributed by atoms with Gasteiger partial charge in [0.2, 0.25) is 0 Å². The molecule has 0 aromatic heterocycles. The molecular formula is C7H12N2O. The second-order valence-electron chi connectivity index (χ2n) is 2.75. The maximum Gasteiger partial charge on any atom is 0.176 e. The van der Waals surface area contributed by atoms with Crippen molar-refractivity contribution in [2.24, 2.45) is 5.92 Å². The van der Waals surface area contributed by atoms with E-state index in [0.29, 0.717) is 12.5 Å². The highest BCUT2D eigenvalue weighted by molar-refractivity contribution is 4.80. The molecule has 0 heterocycles. The third-order valence-corrected chi connectivity index (χ3v) is 2.06. The molecule has 0 radical (unpaired) electrons. The van der Waals surface area contributed by atoms with Crippen LogP contribution in [0.1, 0.15) is 19.3 Å². The average molecular weight is 140 g/mol. The summed E-state index contributed by atoms with van der Waals surface area (Å²) in [5, 5.41) is 20.0. The zero-order valence-electron chi connectivity index (χ0n) is 5.88. The van der Waals surface area contributed by atoms with E-state index in [1.807, 2.05) is 6.19 Å². The molecule has 2 N–H and O–H groups in total. The zero-order chi connectivity index (χ0) is 7.40. The number of nitrogens with one attached hydrogen (secondary N) is 1. The van der Waals surface area contributed by atoms with E-state index in [0.717, 1.165) is 19.3 Å². The third kappa shape index (κ3) is 1.61. The van der Waals surface area contributed by atoms with Gasteiger partial charge in [0.25, 0.3) is 0 Å². The van der Waals surface area contributed by atoms with Gasteiger partial charge in [-0.15, -0.1) is 0 Å². The SMILES string of the molecule is N#CNCC1CCCC1O. The molecule has 0 bridgehead atoms. The van der Waals surface area contributed by atoms with Crippen LogP contribution in [0.2, 0.25) is 0 Å². The number of nitrogens with zero attached hydrogens (tertiary/aromatic N) is 1. The normalized spacial score (nSPS) is 31.6. The van der Waals surface area contributed by atoms with Crippen LogP contribution >= 0.6 is 0 Å². The van der Waals surface area contributed by atoms with Crippen molar-refractivity contribution in [2.75, 3.05) is 6.54 Å². The van der Waals surface area contributed by atoms with Crippen LogP contribution in [0.3, 0.4) is 0 Å². The topological polar surface area (TPSA) is 56.0 Å². The van der Waals surface area contributed by atoms with Crippen LogP contribution in [0.25, 0.3) is 0 Å². The molecule has 3 heteroatoms. The van der Waals surface area contributed by atoms with Crippen molar-refractivity contribution < 1.29 is 5.11 Å². The Bertz CT molecular complexity index is 141. The second-order valence-corrected chi connectivity index (χ2v) is 2.75. The van der Waals surface area contributed by atoms with Gasteiger partial charge in [-0.2, -0.15) is 5.26 Å². The van der Waals surface area contributed by atoms with E-state index < -0.39 is 0 Å². The van der Waals surface area contributed by atoms with Gasteiger partial charge in [-0.05, 0) is 12.8 Å². The van der Waals surface area contributed by atoms with Crippen molar-refractivity contribution in [3.63, 3.8) is 0 Å². The Kier molecular flexibility index (Phi) is 2.52. The first kappa shape index (κ1) is 7.36. The fourth-order valence-electron chi connectivity index (χ4n) is 1.43. The second kappa shape index (κ2) is 3.43. The molecule has 0 aliphatic heterocycles. The molecule has 2 unspecified atom stereocenters. The first-order valence-corrected chi connectivity index (χ1v) is 3.64. The van der Waals surface area contributed by atoms with Crippen molar-refractivity contribution >= 4 is 0 Å². The molecule has 10 heavy (non-hydrogen) atoms. The summed E-state index contributed by atoms with van der Waals surface area (Å²) >= 11 is 0. The van der Waals surface area contributed by atoms with Gasteiger partial charge in [0.15, 0.2) is 6.19 Å². The van der Waals surface area contributed by atoms with Crippen LogP contribution in [-0.4, -0.2) is 17.8 Å². The van der Waals surface area contributed by atoms with Crippen molar-refractivity contribution in [3.05, 3.63) is 0 Å². The maximum atomic E-state index is 9.27. The monoisotopic (exact) mass is 140 g/mol. The van der Waals surface area contributed by atoms with Crippen LogP contribution in [0.5, 0.6) is 0 Å². The van der Waals surface area contributed by atoms with Crippen LogP contribution in [0, 0.1) is 17.4 Å². The fourth-order valence-corrected chi connectivity index (χ4v) is 1.43. The summed E-state index contributed by atoms with van der Waals surface area (Å²) in [5.41, 5.74) is 0. The molecule has 0 saturated heterocycles. The Labute approximate surface area is 60.7 Å². The lowest BCUT2D eigenvalue weighted by atomic mass is 10.1. The van der Waals surface area contributed by atoms with Gasteiger partial charge >= 0.3 is 0 Å². The van der Waals surface area contributed by atoms with Gasteiger partial charge in [-0.3, -0.25) is 0 Å². The predicted octanol–water partition coefficient (Wildman–Crippen LogP) is 0.218. The van der Waals surface area contributed by atoms with E-state index in [4.69, 9.17) is 5.26 Å². The first-order valence-electron chi connectivity index (χ1n) is 3.64. The highest BCUT2D eigenvalue weighted by atomic mass is 16.3. The minimum absolute atomic E-state index is 0.180. The molecule has 1 aliphatic rings. The van der Waals surface area contributed by atoms with E-state index >= 15 is 0 Å². The predicted molar refractivity (Wildman–Crippen MR) is 37.0 cm³/mol. The number of hydrogen-bond acceptors (Lipinski definition) is 3. The van der Waals surface area contributed by atoms with Crippen LogP contribution in [0.15, 0.2) is 0 Å². The summed E-state index contributed by atoms with van der Waals surface area (Å²) in [6, 6.07) is 0. The van der Waals surface area contributed by atoms with Crippen LogP contribution in [-0.2, 0) is 0 Å². The van der Waals surface area contributed by atoms with E-state index in [-0.39, 0.29) is 6.10 Å². The average Bonchev–Trinajstić information content (AvgIpc) is 2.31. The summed E-state index contributed by atoms with van der Waals surface area (Å²) in [6.07, 6.45) is 4.72. The van der Waals surface area contributed by atoms with Gasteiger partial charge in [0.05, 0.1) is 6.10 Å². The Balaban J connectivity index is 2.21. The molecule has 3 nitrogen and oxygen atoms in total. The number of aliphatic hydroxyl groups excluding tert-OH is 1. The molecule has 2 atom stereocenters. The lowest BCUT2D eigenvalue weighted by Gasteiger charge is -2.11. The molecule has 1 aliphatic carbocycles. The van der Waals surface area contributed by atoms with Crippen LogP contribution in [0.4, 0.5) is 0 Å². The van der Waals surface area contributed by atoms with Gasteiger partial charge in [-0.25, -0.2) is 0 Å². The van der Waals surface area contributed by atoms with Crippen LogP contribution < -0.4 is 5.32 Å². The van der Waals surface area contributed by atoms with Gasteiger partial charge in [0.1, 0.15) is 0 Å². The lowest BCUT2D eigenvalue weighted by Crippen LogP contribution is -2.24. The molecule has 1 saturated carbocycles. The van der Waals surface area contributed by atoms with Crippen molar-refractivity contribution in [1.82, 2.24) is 5.32 Å². The molecular weight excluding hydrogens is 128 g/mol. The smallest absolute Gasteiger partial charge is 0.176 e. The quantitative estimate of drug-likeness (QED) is 0.426. The highest BCUT2D eigenvalue weighted by Crippen LogP contribution is 2.24. The molecule has 1 fully saturated rings. The van der Waals surface area contributed by atoms with E-state index in [1.54, 1.807) is 0 Å². The van der Waals surface area contributed by atoms with Crippen molar-refractivity contribution in [2.45, 2.75) is 25.4 Å². The molecule has 0 spiro atoms. The Hall–Kier alpha value is -0.750. The molecule has 0 aromatic carbocycles. The van der Waals surface area contributed by atoms with Gasteiger partial charge in [-0.1, -0.05) is 6.42 Å². The zero-order valence-corrected chi connectivity index (χ0v) is 5.88. The summed E-state index contributed by atoms with van der Waals surface area (Å²) in [6.45, 7) is 0.637. The number of nitriles is 1. The number of aliphatic hydroxyl groups is 1. The lowest BCUT2D eigenvalue weighted by molar-refractivity contribution is 0.134. The minimum Gasteiger partial charge on any atom is -0.393 e. The molecule has 0 amide bonds. The largest absolute Gasteiger partial charge is 0.393 e. The standard InChI is InChI=1S/C7H12N2O/c8-5-9-4-6-2-1-3-7(6)10/h6-7,9-10H,1-4H2. The molecule has 1 rings (SSSR count). The fraction of sp³-hybridized carbons (Fsp3) is 0.857. The Morgan fingerprint density at radius 2 is 2.40 bits per heavy atom. The summed E-state index contributed by atoms with van der Waals surface area (Å²) in [5.74, 6) is 0.305. The van der Waals surface area contributed by atoms with Gasteiger partial charge < -0.3 is 10.4 Å². The molecule has 0 aromatic rings. The summed E-state index contributed by atoms with van der Waals surface area (Å²) in [7, 11) is 0. The highest BCUT2D eigenvalue weighted by Gasteiger charge is 2.24. The molecule has 56 valence electrons. The summed E-state index contributed by atoms with van der Waals surface area (Å²) in [4.78, 5) is 0. The van der Waals surface area contributed by atoms with Crippen molar-refractivity contribution in [1.29, 1.82) is 5.26 Å². The van der Waals surface area contributed by atoms with E-state index in [2.05, 4.69) is 5.32 Å². The number of rotatable bonds is 2. The number of hydrogen-bond donors (Lipinski definition) is 2. The third-order valence-electron chi connectivity index (χ3n) is 2.06. The first-order chi connectivity index (χ1) is 4.84. The van der Waals surface area contributed by atoms with Crippen molar-refractivity contribution in [3.8, 4) is 6.19 Å². The summed E-state index contributed by atoms with van der Waals surface area (Å²) < 4.78 is 0. The Morgan fingerprint density at radius 3 is 2.90 bits per heavy atom. The Morgan fingerprint density at radius 1 is 1.60 bits per heavy atom. The van der Waals surface area contributed by atoms with E-state index in [1.165, 1.54) is 0 Å². The van der Waals surface area contributed by atoms with E-state index in [9.17, 15) is 5.11 Å². The minimum atomic E-state index is -0.180. The van der Waals surface area contributed by atoms with Gasteiger partial charge in [0, 0.05) is 12.5 Å².